The van der Waals surface area contributed by atoms with E-state index in [1.807, 2.05) is 0 Å². The highest BCUT2D eigenvalue weighted by atomic mass is 32.1. The summed E-state index contributed by atoms with van der Waals surface area (Å²) in [4.78, 5) is 10.1. The van der Waals surface area contributed by atoms with Gasteiger partial charge in [-0.05, 0) is 6.42 Å². The summed E-state index contributed by atoms with van der Waals surface area (Å²) in [6.07, 6.45) is 1.30. The third-order valence-electron chi connectivity index (χ3n) is 4.90. The van der Waals surface area contributed by atoms with E-state index in [4.69, 9.17) is 4.98 Å². The molecule has 4 rings (SSSR count). The van der Waals surface area contributed by atoms with Gasteiger partial charge in [-0.2, -0.15) is 0 Å². The third-order valence-corrected chi connectivity index (χ3v) is 5.73. The largest absolute Gasteiger partial charge is 0.314 e. The Hall–Kier alpha value is -1.27. The minimum absolute atomic E-state index is 0.741. The first-order valence-corrected chi connectivity index (χ1v) is 9.43. The first-order chi connectivity index (χ1) is 11.4. The summed E-state index contributed by atoms with van der Waals surface area (Å²) in [6.45, 7) is 8.09. The van der Waals surface area contributed by atoms with Crippen LogP contribution in [0.1, 0.15) is 11.4 Å². The van der Waals surface area contributed by atoms with Gasteiger partial charge < -0.3 is 5.32 Å². The lowest BCUT2D eigenvalue weighted by Crippen LogP contribution is -2.49. The molecule has 0 bridgehead atoms. The predicted octanol–water partition coefficient (Wildman–Crippen LogP) is 2.29. The monoisotopic (exact) mass is 328 g/mol. The molecule has 2 aliphatic rings. The lowest BCUT2D eigenvalue weighted by atomic mass is 10.2. The molecule has 4 nitrogen and oxygen atoms in total. The Kier molecular flexibility index (Phi) is 4.71. The smallest absolute Gasteiger partial charge is 0.107 e. The van der Waals surface area contributed by atoms with Gasteiger partial charge in [-0.3, -0.25) is 9.80 Å². The van der Waals surface area contributed by atoms with E-state index >= 15 is 0 Å². The van der Waals surface area contributed by atoms with Crippen LogP contribution in [0.15, 0.2) is 35.7 Å². The van der Waals surface area contributed by atoms with E-state index in [0.717, 1.165) is 31.4 Å². The number of benzene rings is 1. The molecule has 2 aromatic rings. The number of likely N-dealkylation sites (tertiary alicyclic amines) is 1. The quantitative estimate of drug-likeness (QED) is 0.933. The molecule has 0 saturated carbocycles. The summed E-state index contributed by atoms with van der Waals surface area (Å²) >= 11 is 1.79. The normalized spacial score (nSPS) is 23.4. The number of rotatable bonds is 4. The van der Waals surface area contributed by atoms with Gasteiger partial charge in [-0.25, -0.2) is 4.98 Å². The summed E-state index contributed by atoms with van der Waals surface area (Å²) in [7, 11) is 0. The molecule has 1 aromatic carbocycles. The molecular formula is C18H24N4S. The van der Waals surface area contributed by atoms with E-state index in [0.29, 0.717) is 0 Å². The number of nitrogens with one attached hydrogen (secondary N) is 1. The van der Waals surface area contributed by atoms with Crippen molar-refractivity contribution in [2.75, 3.05) is 39.3 Å². The SMILES string of the molecule is c1ccc(-c2csc(CN3CCC(N4CCNCC4)C3)n2)cc1. The van der Waals surface area contributed by atoms with Crippen molar-refractivity contribution in [1.82, 2.24) is 20.1 Å². The zero-order valence-corrected chi connectivity index (χ0v) is 14.3. The molecule has 5 heteroatoms. The number of piperazine rings is 1. The fourth-order valence-electron chi connectivity index (χ4n) is 3.62. The number of nitrogens with zero attached hydrogens (tertiary/aromatic N) is 3. The van der Waals surface area contributed by atoms with Crippen LogP contribution in [0.5, 0.6) is 0 Å². The Bertz CT molecular complexity index is 621. The maximum absolute atomic E-state index is 4.83. The van der Waals surface area contributed by atoms with Crippen LogP contribution in [-0.4, -0.2) is 60.1 Å². The standard InChI is InChI=1S/C18H24N4S/c1-2-4-15(5-3-1)17-14-23-18(20-17)13-21-9-6-16(12-21)22-10-7-19-8-11-22/h1-5,14,16,19H,6-13H2. The number of hydrogen-bond donors (Lipinski definition) is 1. The zero-order valence-electron chi connectivity index (χ0n) is 13.4. The highest BCUT2D eigenvalue weighted by Crippen LogP contribution is 2.24. The highest BCUT2D eigenvalue weighted by molar-refractivity contribution is 7.09. The van der Waals surface area contributed by atoms with Gasteiger partial charge >= 0.3 is 0 Å². The number of aromatic nitrogens is 1. The Morgan fingerprint density at radius 2 is 1.96 bits per heavy atom. The van der Waals surface area contributed by atoms with Gasteiger partial charge in [0.05, 0.1) is 12.2 Å². The van der Waals surface area contributed by atoms with Crippen molar-refractivity contribution < 1.29 is 0 Å². The Balaban J connectivity index is 1.35. The summed E-state index contributed by atoms with van der Waals surface area (Å²) in [5.41, 5.74) is 2.33. The highest BCUT2D eigenvalue weighted by Gasteiger charge is 2.28. The van der Waals surface area contributed by atoms with E-state index in [2.05, 4.69) is 50.8 Å². The van der Waals surface area contributed by atoms with Crippen molar-refractivity contribution in [2.45, 2.75) is 19.0 Å². The number of thiazole rings is 1. The van der Waals surface area contributed by atoms with Gasteiger partial charge in [-0.15, -0.1) is 11.3 Å². The molecule has 1 unspecified atom stereocenters. The van der Waals surface area contributed by atoms with Crippen LogP contribution in [0.25, 0.3) is 11.3 Å². The van der Waals surface area contributed by atoms with E-state index in [-0.39, 0.29) is 0 Å². The Morgan fingerprint density at radius 3 is 2.78 bits per heavy atom. The second-order valence-electron chi connectivity index (χ2n) is 6.46. The molecular weight excluding hydrogens is 304 g/mol. The summed E-state index contributed by atoms with van der Waals surface area (Å²) in [5, 5.41) is 6.87. The molecule has 2 aliphatic heterocycles. The Morgan fingerprint density at radius 1 is 1.13 bits per heavy atom. The molecule has 1 N–H and O–H groups in total. The van der Waals surface area contributed by atoms with Crippen molar-refractivity contribution in [3.05, 3.63) is 40.7 Å². The molecule has 0 spiro atoms. The zero-order chi connectivity index (χ0) is 15.5. The van der Waals surface area contributed by atoms with E-state index in [1.54, 1.807) is 11.3 Å². The van der Waals surface area contributed by atoms with Crippen molar-refractivity contribution in [2.24, 2.45) is 0 Å². The van der Waals surface area contributed by atoms with Crippen molar-refractivity contribution in [1.29, 1.82) is 0 Å². The minimum atomic E-state index is 0.741. The van der Waals surface area contributed by atoms with Gasteiger partial charge in [0.25, 0.3) is 0 Å². The molecule has 0 amide bonds. The molecule has 2 saturated heterocycles. The molecule has 23 heavy (non-hydrogen) atoms. The predicted molar refractivity (Wildman–Crippen MR) is 95.7 cm³/mol. The van der Waals surface area contributed by atoms with Crippen LogP contribution in [0.3, 0.4) is 0 Å². The van der Waals surface area contributed by atoms with Crippen LogP contribution >= 0.6 is 11.3 Å². The average Bonchev–Trinajstić information content (AvgIpc) is 3.27. The van der Waals surface area contributed by atoms with Crippen molar-refractivity contribution >= 4 is 11.3 Å². The van der Waals surface area contributed by atoms with Crippen molar-refractivity contribution in [3.8, 4) is 11.3 Å². The van der Waals surface area contributed by atoms with Crippen LogP contribution in [0.2, 0.25) is 0 Å². The minimum Gasteiger partial charge on any atom is -0.314 e. The average molecular weight is 328 g/mol. The molecule has 0 aliphatic carbocycles. The van der Waals surface area contributed by atoms with Crippen molar-refractivity contribution in [3.63, 3.8) is 0 Å². The molecule has 3 heterocycles. The van der Waals surface area contributed by atoms with Gasteiger partial charge in [0, 0.05) is 56.3 Å². The van der Waals surface area contributed by atoms with E-state index in [9.17, 15) is 0 Å². The first-order valence-electron chi connectivity index (χ1n) is 8.55. The lowest BCUT2D eigenvalue weighted by molar-refractivity contribution is 0.170. The topological polar surface area (TPSA) is 31.4 Å². The van der Waals surface area contributed by atoms with E-state index < -0.39 is 0 Å². The fraction of sp³-hybridized carbons (Fsp3) is 0.500. The van der Waals surface area contributed by atoms with Gasteiger partial charge in [0.1, 0.15) is 5.01 Å². The van der Waals surface area contributed by atoms with Crippen LogP contribution in [-0.2, 0) is 6.54 Å². The van der Waals surface area contributed by atoms with E-state index in [1.165, 1.54) is 43.2 Å². The van der Waals surface area contributed by atoms with Crippen LogP contribution in [0.4, 0.5) is 0 Å². The molecule has 122 valence electrons. The van der Waals surface area contributed by atoms with Crippen LogP contribution < -0.4 is 5.32 Å². The maximum atomic E-state index is 4.83. The van der Waals surface area contributed by atoms with Gasteiger partial charge in [0.2, 0.25) is 0 Å². The van der Waals surface area contributed by atoms with Gasteiger partial charge in [0.15, 0.2) is 0 Å². The van der Waals surface area contributed by atoms with Gasteiger partial charge in [-0.1, -0.05) is 30.3 Å². The first kappa shape index (κ1) is 15.3. The fourth-order valence-corrected chi connectivity index (χ4v) is 4.46. The second kappa shape index (κ2) is 7.09. The maximum Gasteiger partial charge on any atom is 0.107 e. The lowest BCUT2D eigenvalue weighted by Gasteiger charge is -2.32. The van der Waals surface area contributed by atoms with Crippen LogP contribution in [0, 0.1) is 0 Å². The number of hydrogen-bond acceptors (Lipinski definition) is 5. The third kappa shape index (κ3) is 3.63. The second-order valence-corrected chi connectivity index (χ2v) is 7.40. The Labute approximate surface area is 142 Å². The summed E-state index contributed by atoms with van der Waals surface area (Å²) in [6, 6.07) is 11.2. The molecule has 0 radical (unpaired) electrons. The molecule has 1 aromatic heterocycles. The molecule has 2 fully saturated rings. The summed E-state index contributed by atoms with van der Waals surface area (Å²) in [5.74, 6) is 0. The molecule has 1 atom stereocenters. The summed E-state index contributed by atoms with van der Waals surface area (Å²) < 4.78 is 0.